The summed E-state index contributed by atoms with van der Waals surface area (Å²) in [6.07, 6.45) is 1.69. The molecule has 0 radical (unpaired) electrons. The maximum Gasteiger partial charge on any atom is 0.412 e. The van der Waals surface area contributed by atoms with Crippen molar-refractivity contribution in [1.29, 1.82) is 0 Å². The first-order valence-electron chi connectivity index (χ1n) is 12.6. The van der Waals surface area contributed by atoms with Crippen LogP contribution in [-0.2, 0) is 14.3 Å². The van der Waals surface area contributed by atoms with E-state index in [0.717, 1.165) is 10.8 Å². The molecular formula is C31H30BrN3O5. The van der Waals surface area contributed by atoms with Crippen LogP contribution in [0.25, 0.3) is 10.8 Å². The number of fused-ring (bicyclic) bond motifs is 1. The van der Waals surface area contributed by atoms with Crippen molar-refractivity contribution in [2.75, 3.05) is 23.5 Å². The second-order valence-electron chi connectivity index (χ2n) is 9.01. The van der Waals surface area contributed by atoms with Gasteiger partial charge in [0.25, 0.3) is 0 Å². The second-order valence-corrected chi connectivity index (χ2v) is 9.93. The van der Waals surface area contributed by atoms with E-state index >= 15 is 0 Å². The third kappa shape index (κ3) is 7.40. The number of amides is 2. The van der Waals surface area contributed by atoms with Crippen molar-refractivity contribution in [3.05, 3.63) is 107 Å². The fourth-order valence-corrected chi connectivity index (χ4v) is 4.69. The van der Waals surface area contributed by atoms with Crippen molar-refractivity contribution in [2.45, 2.75) is 25.0 Å². The molecule has 0 saturated heterocycles. The lowest BCUT2D eigenvalue weighted by molar-refractivity contribution is -0.111. The smallest absolute Gasteiger partial charge is 0.412 e. The summed E-state index contributed by atoms with van der Waals surface area (Å²) in [6, 6.07) is 25.2. The van der Waals surface area contributed by atoms with Crippen molar-refractivity contribution >= 4 is 55.8 Å². The number of halogens is 1. The van der Waals surface area contributed by atoms with E-state index in [9.17, 15) is 14.7 Å². The summed E-state index contributed by atoms with van der Waals surface area (Å²) in [7, 11) is 1.51. The van der Waals surface area contributed by atoms with Crippen LogP contribution in [0.4, 0.5) is 21.9 Å². The van der Waals surface area contributed by atoms with E-state index in [1.165, 1.54) is 19.3 Å². The number of aromatic hydroxyl groups is 1. The molecule has 0 spiro atoms. The molecule has 9 heteroatoms. The first-order chi connectivity index (χ1) is 19.4. The number of benzene rings is 4. The highest BCUT2D eigenvalue weighted by Crippen LogP contribution is 2.35. The quantitative estimate of drug-likeness (QED) is 0.112. The minimum absolute atomic E-state index is 0.0384. The van der Waals surface area contributed by atoms with Gasteiger partial charge in [-0.1, -0.05) is 70.5 Å². The zero-order valence-electron chi connectivity index (χ0n) is 21.8. The summed E-state index contributed by atoms with van der Waals surface area (Å²) in [4.78, 5) is 25.4. The molecule has 0 aliphatic rings. The molecule has 0 aliphatic heterocycles. The van der Waals surface area contributed by atoms with Gasteiger partial charge in [0.05, 0.1) is 23.2 Å². The molecule has 0 unspecified atom stereocenters. The normalized spacial score (nSPS) is 12.7. The van der Waals surface area contributed by atoms with Crippen LogP contribution in [0.3, 0.4) is 0 Å². The number of allylic oxidation sites excluding steroid dienone is 1. The summed E-state index contributed by atoms with van der Waals surface area (Å²) in [5.41, 5.74) is 7.87. The van der Waals surface area contributed by atoms with E-state index in [2.05, 4.69) is 26.6 Å². The molecule has 8 nitrogen and oxygen atoms in total. The fraction of sp³-hybridized carbons (Fsp3) is 0.161. The molecule has 0 aliphatic carbocycles. The summed E-state index contributed by atoms with van der Waals surface area (Å²) in [5, 5.41) is 18.0. The molecule has 0 bridgehead atoms. The summed E-state index contributed by atoms with van der Waals surface area (Å²) >= 11 is 3.42. The van der Waals surface area contributed by atoms with Gasteiger partial charge in [0.1, 0.15) is 5.75 Å². The number of methoxy groups -OCH3 is 1. The van der Waals surface area contributed by atoms with Crippen LogP contribution in [0, 0.1) is 0 Å². The van der Waals surface area contributed by atoms with E-state index in [1.54, 1.807) is 48.5 Å². The van der Waals surface area contributed by atoms with E-state index in [1.807, 2.05) is 36.4 Å². The van der Waals surface area contributed by atoms with Crippen molar-refractivity contribution in [3.8, 4) is 5.75 Å². The standard InChI is InChI=1S/C31H30BrN3O5/c1-39-28(15-6-7-16-29(37)34-26-13-5-4-12-24(26)33)30(23-19-21(32)17-18-27(23)36)40-31(38)35-25-14-8-10-20-9-2-3-11-22(20)25/h2-5,7-14,16-19,28,30,36H,6,15,33H2,1H3,(H,34,37)(H,35,38)/b16-7+/t28-,30-/m0/s1. The number of phenols is 1. The number of nitrogens with two attached hydrogens (primary N) is 1. The van der Waals surface area contributed by atoms with E-state index in [-0.39, 0.29) is 11.7 Å². The molecule has 2 atom stereocenters. The van der Waals surface area contributed by atoms with Crippen molar-refractivity contribution < 1.29 is 24.2 Å². The van der Waals surface area contributed by atoms with Crippen LogP contribution in [0.2, 0.25) is 0 Å². The fourth-order valence-electron chi connectivity index (χ4n) is 4.31. The number of para-hydroxylation sites is 2. The number of hydrogen-bond acceptors (Lipinski definition) is 6. The van der Waals surface area contributed by atoms with Crippen molar-refractivity contribution in [3.63, 3.8) is 0 Å². The zero-order chi connectivity index (χ0) is 28.5. The Balaban J connectivity index is 1.48. The monoisotopic (exact) mass is 603 g/mol. The van der Waals surface area contributed by atoms with E-state index < -0.39 is 18.3 Å². The lowest BCUT2D eigenvalue weighted by Gasteiger charge is -2.27. The molecule has 5 N–H and O–H groups in total. The van der Waals surface area contributed by atoms with Gasteiger partial charge in [-0.15, -0.1) is 0 Å². The Morgan fingerprint density at radius 3 is 2.50 bits per heavy atom. The lowest BCUT2D eigenvalue weighted by Crippen LogP contribution is -2.28. The van der Waals surface area contributed by atoms with Gasteiger partial charge in [0.2, 0.25) is 5.91 Å². The largest absolute Gasteiger partial charge is 0.508 e. The highest BCUT2D eigenvalue weighted by Gasteiger charge is 2.29. The second kappa shape index (κ2) is 13.6. The Morgan fingerprint density at radius 2 is 1.70 bits per heavy atom. The average molecular weight is 605 g/mol. The maximum atomic E-state index is 13.1. The van der Waals surface area contributed by atoms with Crippen LogP contribution >= 0.6 is 15.9 Å². The third-order valence-electron chi connectivity index (χ3n) is 6.30. The Kier molecular flexibility index (Phi) is 9.77. The molecule has 2 amide bonds. The topological polar surface area (TPSA) is 123 Å². The third-order valence-corrected chi connectivity index (χ3v) is 6.80. The lowest BCUT2D eigenvalue weighted by atomic mass is 9.99. The Morgan fingerprint density at radius 1 is 0.975 bits per heavy atom. The Labute approximate surface area is 240 Å². The molecular weight excluding hydrogens is 574 g/mol. The highest BCUT2D eigenvalue weighted by atomic mass is 79.9. The first kappa shape index (κ1) is 28.7. The molecule has 0 heterocycles. The van der Waals surface area contributed by atoms with Gasteiger partial charge in [-0.25, -0.2) is 4.79 Å². The van der Waals surface area contributed by atoms with Crippen LogP contribution < -0.4 is 16.4 Å². The number of phenolic OH excluding ortho intramolecular Hbond substituents is 1. The molecule has 0 aromatic heterocycles. The number of nitrogens with one attached hydrogen (secondary N) is 2. The Bertz CT molecular complexity index is 1520. The minimum Gasteiger partial charge on any atom is -0.508 e. The number of hydrogen-bond donors (Lipinski definition) is 4. The van der Waals surface area contributed by atoms with Gasteiger partial charge in [-0.3, -0.25) is 10.1 Å². The van der Waals surface area contributed by atoms with Crippen LogP contribution in [0.5, 0.6) is 5.75 Å². The molecule has 0 fully saturated rings. The molecule has 206 valence electrons. The molecule has 4 aromatic rings. The molecule has 0 saturated carbocycles. The molecule has 4 rings (SSSR count). The average Bonchev–Trinajstić information content (AvgIpc) is 2.95. The maximum absolute atomic E-state index is 13.1. The number of anilines is 3. The van der Waals surface area contributed by atoms with E-state index in [0.29, 0.717) is 39.9 Å². The van der Waals surface area contributed by atoms with Gasteiger partial charge < -0.3 is 25.6 Å². The minimum atomic E-state index is -0.941. The van der Waals surface area contributed by atoms with Crippen LogP contribution in [0.15, 0.2) is 102 Å². The van der Waals surface area contributed by atoms with Gasteiger partial charge >= 0.3 is 6.09 Å². The van der Waals surface area contributed by atoms with Crippen LogP contribution in [0.1, 0.15) is 24.5 Å². The predicted octanol–water partition coefficient (Wildman–Crippen LogP) is 7.17. The van der Waals surface area contributed by atoms with Gasteiger partial charge in [-0.05, 0) is 60.7 Å². The van der Waals surface area contributed by atoms with Crippen molar-refractivity contribution in [1.82, 2.24) is 0 Å². The first-order valence-corrected chi connectivity index (χ1v) is 13.4. The number of carbonyl (C=O) groups excluding carboxylic acids is 2. The zero-order valence-corrected chi connectivity index (χ0v) is 23.4. The number of carbonyl (C=O) groups is 2. The number of ether oxygens (including phenoxy) is 2. The van der Waals surface area contributed by atoms with Gasteiger partial charge in [0, 0.05) is 22.5 Å². The summed E-state index contributed by atoms with van der Waals surface area (Å²) in [6.45, 7) is 0. The van der Waals surface area contributed by atoms with Gasteiger partial charge in [-0.2, -0.15) is 0 Å². The molecule has 40 heavy (non-hydrogen) atoms. The molecule has 4 aromatic carbocycles. The highest BCUT2D eigenvalue weighted by molar-refractivity contribution is 9.10. The number of rotatable bonds is 10. The number of nitrogen functional groups attached to an aromatic ring is 1. The summed E-state index contributed by atoms with van der Waals surface area (Å²) < 4.78 is 12.3. The predicted molar refractivity (Wildman–Crippen MR) is 161 cm³/mol. The van der Waals surface area contributed by atoms with Crippen molar-refractivity contribution in [2.24, 2.45) is 0 Å². The SMILES string of the molecule is CO[C@@H](CC/C=C/C(=O)Nc1ccccc1N)[C@@H](OC(=O)Nc1cccc2ccccc12)c1cc(Br)ccc1O. The van der Waals surface area contributed by atoms with E-state index in [4.69, 9.17) is 15.2 Å². The Hall–Kier alpha value is -4.34. The van der Waals surface area contributed by atoms with Crippen LogP contribution in [-0.4, -0.2) is 30.3 Å². The summed E-state index contributed by atoms with van der Waals surface area (Å²) in [5.74, 6) is -0.359. The van der Waals surface area contributed by atoms with Gasteiger partial charge in [0.15, 0.2) is 6.10 Å².